The summed E-state index contributed by atoms with van der Waals surface area (Å²) >= 11 is 0. The average molecular weight is 207 g/mol. The summed E-state index contributed by atoms with van der Waals surface area (Å²) in [5.41, 5.74) is 5.38. The number of hydrogen-bond acceptors (Lipinski definition) is 5. The summed E-state index contributed by atoms with van der Waals surface area (Å²) in [5.74, 6) is 0.866. The molecule has 0 spiro atoms. The summed E-state index contributed by atoms with van der Waals surface area (Å²) in [6.07, 6.45) is 6.48. The molecule has 2 aromatic rings. The van der Waals surface area contributed by atoms with Crippen LogP contribution in [0.2, 0.25) is 0 Å². The summed E-state index contributed by atoms with van der Waals surface area (Å²) in [7, 11) is 0. The number of aromatic nitrogens is 5. The highest BCUT2D eigenvalue weighted by Crippen LogP contribution is 1.99. The van der Waals surface area contributed by atoms with Crippen molar-refractivity contribution in [3.63, 3.8) is 0 Å². The Kier molecular flexibility index (Phi) is 2.82. The first kappa shape index (κ1) is 9.50. The Morgan fingerprint density at radius 3 is 3.13 bits per heavy atom. The highest BCUT2D eigenvalue weighted by atomic mass is 15.3. The van der Waals surface area contributed by atoms with Gasteiger partial charge >= 0.3 is 0 Å². The lowest BCUT2D eigenvalue weighted by Gasteiger charge is -2.02. The minimum absolute atomic E-state index is 0.326. The van der Waals surface area contributed by atoms with Crippen molar-refractivity contribution in [3.8, 4) is 0 Å². The smallest absolute Gasteiger partial charge is 0.243 e. The predicted octanol–water partition coefficient (Wildman–Crippen LogP) is 0.0856. The first-order valence-corrected chi connectivity index (χ1v) is 4.72. The molecule has 0 amide bonds. The fraction of sp³-hybridized carbons (Fsp3) is 0.375. The van der Waals surface area contributed by atoms with Gasteiger partial charge in [0.25, 0.3) is 0 Å². The molecule has 0 aliphatic rings. The summed E-state index contributed by atoms with van der Waals surface area (Å²) in [6, 6.07) is 0. The molecule has 0 aromatic carbocycles. The second-order valence-corrected chi connectivity index (χ2v) is 3.13. The van der Waals surface area contributed by atoms with Gasteiger partial charge in [0.2, 0.25) is 11.9 Å². The number of nitrogen functional groups attached to an aromatic ring is 1. The Bertz CT molecular complexity index is 391. The second kappa shape index (κ2) is 4.45. The minimum atomic E-state index is 0.326. The van der Waals surface area contributed by atoms with Crippen molar-refractivity contribution in [2.75, 3.05) is 17.6 Å². The molecule has 2 aromatic heterocycles. The molecule has 0 bridgehead atoms. The van der Waals surface area contributed by atoms with Crippen LogP contribution < -0.4 is 11.1 Å². The van der Waals surface area contributed by atoms with Gasteiger partial charge in [-0.15, -0.1) is 5.10 Å². The zero-order chi connectivity index (χ0) is 10.5. The van der Waals surface area contributed by atoms with Crippen molar-refractivity contribution < 1.29 is 0 Å². The molecule has 2 rings (SSSR count). The van der Waals surface area contributed by atoms with Gasteiger partial charge in [0, 0.05) is 25.5 Å². The quantitative estimate of drug-likeness (QED) is 0.603. The number of imidazole rings is 1. The van der Waals surface area contributed by atoms with Crippen molar-refractivity contribution in [2.45, 2.75) is 13.0 Å². The maximum absolute atomic E-state index is 5.38. The molecular formula is C8H13N7. The molecule has 80 valence electrons. The van der Waals surface area contributed by atoms with Gasteiger partial charge in [0.05, 0.1) is 6.33 Å². The lowest BCUT2D eigenvalue weighted by Crippen LogP contribution is -2.06. The van der Waals surface area contributed by atoms with Crippen LogP contribution in [0.3, 0.4) is 0 Å². The highest BCUT2D eigenvalue weighted by molar-refractivity contribution is 5.29. The number of rotatable bonds is 5. The Balaban J connectivity index is 1.67. The van der Waals surface area contributed by atoms with Gasteiger partial charge in [-0.3, -0.25) is 0 Å². The van der Waals surface area contributed by atoms with E-state index >= 15 is 0 Å². The number of nitrogens with zero attached hydrogens (tertiary/aromatic N) is 4. The molecule has 0 atom stereocenters. The fourth-order valence-electron chi connectivity index (χ4n) is 1.23. The zero-order valence-electron chi connectivity index (χ0n) is 8.22. The summed E-state index contributed by atoms with van der Waals surface area (Å²) in [5, 5.41) is 9.48. The molecular weight excluding hydrogens is 194 g/mol. The maximum Gasteiger partial charge on any atom is 0.243 e. The van der Waals surface area contributed by atoms with Crippen molar-refractivity contribution in [1.29, 1.82) is 0 Å². The van der Waals surface area contributed by atoms with E-state index in [2.05, 4.69) is 25.5 Å². The largest absolute Gasteiger partial charge is 0.368 e. The van der Waals surface area contributed by atoms with Crippen LogP contribution in [-0.4, -0.2) is 31.3 Å². The normalized spacial score (nSPS) is 10.4. The van der Waals surface area contributed by atoms with Crippen LogP contribution in [0.25, 0.3) is 0 Å². The Morgan fingerprint density at radius 1 is 1.53 bits per heavy atom. The SMILES string of the molecule is Nc1nc(NCCCn2ccnc2)n[nH]1. The standard InChI is InChI=1S/C8H13N7/c9-7-12-8(14-13-7)11-2-1-4-15-5-3-10-6-15/h3,5-6H,1-2,4H2,(H4,9,11,12,13,14). The van der Waals surface area contributed by atoms with Gasteiger partial charge in [-0.05, 0) is 6.42 Å². The van der Waals surface area contributed by atoms with E-state index in [4.69, 9.17) is 5.73 Å². The lowest BCUT2D eigenvalue weighted by molar-refractivity contribution is 0.659. The van der Waals surface area contributed by atoms with E-state index in [0.29, 0.717) is 11.9 Å². The van der Waals surface area contributed by atoms with E-state index in [9.17, 15) is 0 Å². The monoisotopic (exact) mass is 207 g/mol. The predicted molar refractivity (Wildman–Crippen MR) is 56.1 cm³/mol. The summed E-state index contributed by atoms with van der Waals surface area (Å²) in [4.78, 5) is 7.88. The molecule has 7 heteroatoms. The van der Waals surface area contributed by atoms with Crippen molar-refractivity contribution in [1.82, 2.24) is 24.7 Å². The van der Waals surface area contributed by atoms with E-state index in [0.717, 1.165) is 19.5 Å². The Morgan fingerprint density at radius 2 is 2.47 bits per heavy atom. The number of aromatic amines is 1. The third-order valence-corrected chi connectivity index (χ3v) is 1.94. The van der Waals surface area contributed by atoms with Gasteiger partial charge in [-0.25, -0.2) is 10.1 Å². The molecule has 0 unspecified atom stereocenters. The molecule has 7 nitrogen and oxygen atoms in total. The molecule has 0 aliphatic carbocycles. The minimum Gasteiger partial charge on any atom is -0.368 e. The van der Waals surface area contributed by atoms with Gasteiger partial charge < -0.3 is 15.6 Å². The summed E-state index contributed by atoms with van der Waals surface area (Å²) in [6.45, 7) is 1.72. The van der Waals surface area contributed by atoms with Crippen LogP contribution in [0.4, 0.5) is 11.9 Å². The van der Waals surface area contributed by atoms with Crippen LogP contribution >= 0.6 is 0 Å². The van der Waals surface area contributed by atoms with E-state index in [-0.39, 0.29) is 0 Å². The maximum atomic E-state index is 5.38. The van der Waals surface area contributed by atoms with Gasteiger partial charge in [0.15, 0.2) is 0 Å². The number of anilines is 2. The molecule has 0 aliphatic heterocycles. The highest BCUT2D eigenvalue weighted by Gasteiger charge is 1.97. The zero-order valence-corrected chi connectivity index (χ0v) is 8.22. The van der Waals surface area contributed by atoms with Gasteiger partial charge in [-0.1, -0.05) is 0 Å². The molecule has 0 saturated carbocycles. The Labute approximate surface area is 86.7 Å². The topological polar surface area (TPSA) is 97.4 Å². The molecule has 2 heterocycles. The van der Waals surface area contributed by atoms with Gasteiger partial charge in [-0.2, -0.15) is 4.98 Å². The van der Waals surface area contributed by atoms with Crippen LogP contribution in [0, 0.1) is 0 Å². The first-order chi connectivity index (χ1) is 7.34. The third-order valence-electron chi connectivity index (χ3n) is 1.94. The van der Waals surface area contributed by atoms with Crippen molar-refractivity contribution in [3.05, 3.63) is 18.7 Å². The van der Waals surface area contributed by atoms with Crippen molar-refractivity contribution >= 4 is 11.9 Å². The number of H-pyrrole nitrogens is 1. The number of aryl methyl sites for hydroxylation is 1. The van der Waals surface area contributed by atoms with Crippen LogP contribution in [0.15, 0.2) is 18.7 Å². The summed E-state index contributed by atoms with van der Waals surface area (Å²) < 4.78 is 2.02. The van der Waals surface area contributed by atoms with Crippen molar-refractivity contribution in [2.24, 2.45) is 0 Å². The first-order valence-electron chi connectivity index (χ1n) is 4.72. The fourth-order valence-corrected chi connectivity index (χ4v) is 1.23. The Hall–Kier alpha value is -2.05. The lowest BCUT2D eigenvalue weighted by atomic mass is 10.4. The number of nitrogens with two attached hydrogens (primary N) is 1. The van der Waals surface area contributed by atoms with E-state index in [1.54, 1.807) is 12.5 Å². The van der Waals surface area contributed by atoms with E-state index in [1.807, 2.05) is 10.8 Å². The molecule has 0 saturated heterocycles. The van der Waals surface area contributed by atoms with E-state index < -0.39 is 0 Å². The molecule has 0 radical (unpaired) electrons. The number of nitrogens with one attached hydrogen (secondary N) is 2. The average Bonchev–Trinajstić information content (AvgIpc) is 2.84. The molecule has 0 fully saturated rings. The number of hydrogen-bond donors (Lipinski definition) is 3. The molecule has 4 N–H and O–H groups in total. The van der Waals surface area contributed by atoms with Gasteiger partial charge in [0.1, 0.15) is 0 Å². The molecule has 15 heavy (non-hydrogen) atoms. The van der Waals surface area contributed by atoms with E-state index in [1.165, 1.54) is 0 Å². The van der Waals surface area contributed by atoms with Crippen LogP contribution in [-0.2, 0) is 6.54 Å². The van der Waals surface area contributed by atoms with Crippen LogP contribution in [0.1, 0.15) is 6.42 Å². The van der Waals surface area contributed by atoms with Crippen LogP contribution in [0.5, 0.6) is 0 Å². The second-order valence-electron chi connectivity index (χ2n) is 3.13. The third kappa shape index (κ3) is 2.70.